The van der Waals surface area contributed by atoms with Crippen LogP contribution in [0.5, 0.6) is 0 Å². The summed E-state index contributed by atoms with van der Waals surface area (Å²) in [6.07, 6.45) is 3.53. The van der Waals surface area contributed by atoms with Gasteiger partial charge < -0.3 is 5.32 Å². The molecule has 1 aromatic heterocycles. The minimum absolute atomic E-state index is 0.788. The summed E-state index contributed by atoms with van der Waals surface area (Å²) in [5.74, 6) is 0. The van der Waals surface area contributed by atoms with Crippen LogP contribution in [0.15, 0.2) is 46.7 Å². The molecular weight excluding hydrogens is 242 g/mol. The van der Waals surface area contributed by atoms with Crippen molar-refractivity contribution in [3.8, 4) is 0 Å². The Labute approximate surface area is 112 Å². The first-order valence-corrected chi connectivity index (χ1v) is 6.86. The van der Waals surface area contributed by atoms with E-state index in [-0.39, 0.29) is 0 Å². The summed E-state index contributed by atoms with van der Waals surface area (Å²) in [5, 5.41) is 4.13. The van der Waals surface area contributed by atoms with Crippen LogP contribution in [0.4, 0.5) is 0 Å². The molecule has 18 heavy (non-hydrogen) atoms. The summed E-state index contributed by atoms with van der Waals surface area (Å²) in [7, 11) is 0. The summed E-state index contributed by atoms with van der Waals surface area (Å²) in [6.45, 7) is 6.18. The lowest BCUT2D eigenvalue weighted by atomic mass is 10.1. The predicted octanol–water partition coefficient (Wildman–Crippen LogP) is 3.05. The summed E-state index contributed by atoms with van der Waals surface area (Å²) in [4.78, 5) is 9.61. The lowest BCUT2D eigenvalue weighted by Gasteiger charge is -2.08. The fourth-order valence-electron chi connectivity index (χ4n) is 1.63. The predicted molar refractivity (Wildman–Crippen MR) is 74.7 cm³/mol. The number of aryl methyl sites for hydroxylation is 1. The number of nitrogens with one attached hydrogen (secondary N) is 1. The first kappa shape index (κ1) is 13.1. The third-order valence-electron chi connectivity index (χ3n) is 2.63. The molecule has 0 fully saturated rings. The van der Waals surface area contributed by atoms with E-state index in [1.165, 1.54) is 16.0 Å². The molecule has 2 aromatic rings. The van der Waals surface area contributed by atoms with Gasteiger partial charge in [-0.1, -0.05) is 13.0 Å². The number of nitrogens with zero attached hydrogens (tertiary/aromatic N) is 2. The smallest absolute Gasteiger partial charge is 0.192 e. The van der Waals surface area contributed by atoms with Crippen LogP contribution < -0.4 is 5.32 Å². The first-order valence-electron chi connectivity index (χ1n) is 6.04. The van der Waals surface area contributed by atoms with E-state index in [2.05, 4.69) is 47.3 Å². The second-order valence-electron chi connectivity index (χ2n) is 4.00. The Kier molecular flexibility index (Phi) is 4.73. The van der Waals surface area contributed by atoms with Gasteiger partial charge in [-0.3, -0.25) is 0 Å². The second kappa shape index (κ2) is 6.52. The molecule has 94 valence electrons. The molecule has 0 amide bonds. The van der Waals surface area contributed by atoms with Gasteiger partial charge in [0.05, 0.1) is 0 Å². The molecule has 0 saturated heterocycles. The molecule has 1 heterocycles. The zero-order valence-electron chi connectivity index (χ0n) is 10.7. The number of hydrogen-bond donors (Lipinski definition) is 1. The molecule has 4 heteroatoms. The summed E-state index contributed by atoms with van der Waals surface area (Å²) in [6, 6.07) is 8.31. The molecule has 3 nitrogen and oxygen atoms in total. The molecule has 0 saturated carbocycles. The van der Waals surface area contributed by atoms with Crippen LogP contribution >= 0.6 is 11.8 Å². The van der Waals surface area contributed by atoms with Crippen molar-refractivity contribution in [3.05, 3.63) is 47.8 Å². The molecule has 0 radical (unpaired) electrons. The third-order valence-corrected chi connectivity index (χ3v) is 3.51. The van der Waals surface area contributed by atoms with Crippen molar-refractivity contribution >= 4 is 11.8 Å². The van der Waals surface area contributed by atoms with Crippen molar-refractivity contribution in [1.29, 1.82) is 0 Å². The van der Waals surface area contributed by atoms with Crippen molar-refractivity contribution in [3.63, 3.8) is 0 Å². The Morgan fingerprint density at radius 3 is 2.67 bits per heavy atom. The Hall–Kier alpha value is -1.39. The number of rotatable bonds is 5. The van der Waals surface area contributed by atoms with E-state index >= 15 is 0 Å². The quantitative estimate of drug-likeness (QED) is 0.838. The van der Waals surface area contributed by atoms with Crippen LogP contribution in [0.2, 0.25) is 0 Å². The Morgan fingerprint density at radius 2 is 2.00 bits per heavy atom. The van der Waals surface area contributed by atoms with E-state index in [0.717, 1.165) is 18.2 Å². The fourth-order valence-corrected chi connectivity index (χ4v) is 2.44. The second-order valence-corrected chi connectivity index (χ2v) is 5.04. The highest BCUT2D eigenvalue weighted by Gasteiger charge is 2.03. The van der Waals surface area contributed by atoms with Gasteiger partial charge in [0.1, 0.15) is 0 Å². The van der Waals surface area contributed by atoms with Crippen molar-refractivity contribution < 1.29 is 0 Å². The average Bonchev–Trinajstić information content (AvgIpc) is 2.39. The molecule has 0 aliphatic carbocycles. The van der Waals surface area contributed by atoms with Gasteiger partial charge in [0.2, 0.25) is 0 Å². The molecule has 0 bridgehead atoms. The molecule has 1 N–H and O–H groups in total. The van der Waals surface area contributed by atoms with Gasteiger partial charge >= 0.3 is 0 Å². The topological polar surface area (TPSA) is 37.8 Å². The van der Waals surface area contributed by atoms with E-state index in [1.807, 2.05) is 6.07 Å². The molecule has 0 aliphatic rings. The maximum atomic E-state index is 4.22. The highest BCUT2D eigenvalue weighted by molar-refractivity contribution is 7.99. The van der Waals surface area contributed by atoms with Crippen molar-refractivity contribution in [2.24, 2.45) is 0 Å². The third kappa shape index (κ3) is 3.55. The average molecular weight is 259 g/mol. The normalized spacial score (nSPS) is 10.6. The van der Waals surface area contributed by atoms with E-state index in [4.69, 9.17) is 0 Å². The van der Waals surface area contributed by atoms with Crippen molar-refractivity contribution in [2.75, 3.05) is 6.54 Å². The van der Waals surface area contributed by atoms with E-state index in [1.54, 1.807) is 24.2 Å². The van der Waals surface area contributed by atoms with Gasteiger partial charge in [0, 0.05) is 23.8 Å². The standard InChI is InChI=1S/C14H17N3S/c1-3-15-10-12-5-6-13(9-11(12)2)18-14-16-7-4-8-17-14/h4-9,15H,3,10H2,1-2H3. The molecule has 1 aromatic carbocycles. The lowest BCUT2D eigenvalue weighted by Crippen LogP contribution is -2.12. The number of aromatic nitrogens is 2. The largest absolute Gasteiger partial charge is 0.313 e. The van der Waals surface area contributed by atoms with Crippen molar-refractivity contribution in [1.82, 2.24) is 15.3 Å². The summed E-state index contributed by atoms with van der Waals surface area (Å²) >= 11 is 1.59. The maximum Gasteiger partial charge on any atom is 0.192 e. The molecule has 0 atom stereocenters. The lowest BCUT2D eigenvalue weighted by molar-refractivity contribution is 0.723. The van der Waals surface area contributed by atoms with Crippen LogP contribution in [0.1, 0.15) is 18.1 Å². The Bertz CT molecular complexity index is 500. The zero-order chi connectivity index (χ0) is 12.8. The van der Waals surface area contributed by atoms with Crippen molar-refractivity contribution in [2.45, 2.75) is 30.4 Å². The molecule has 2 rings (SSSR count). The number of hydrogen-bond acceptors (Lipinski definition) is 4. The summed E-state index contributed by atoms with van der Waals surface area (Å²) < 4.78 is 0. The minimum Gasteiger partial charge on any atom is -0.313 e. The Morgan fingerprint density at radius 1 is 1.22 bits per heavy atom. The number of benzene rings is 1. The molecule has 0 aliphatic heterocycles. The fraction of sp³-hybridized carbons (Fsp3) is 0.286. The van der Waals surface area contributed by atoms with Gasteiger partial charge in [-0.15, -0.1) is 0 Å². The van der Waals surface area contributed by atoms with Crippen LogP contribution in [0, 0.1) is 6.92 Å². The minimum atomic E-state index is 0.788. The van der Waals surface area contributed by atoms with Gasteiger partial charge in [-0.2, -0.15) is 0 Å². The van der Waals surface area contributed by atoms with Crippen LogP contribution in [0.25, 0.3) is 0 Å². The van der Waals surface area contributed by atoms with E-state index in [9.17, 15) is 0 Å². The molecular formula is C14H17N3S. The Balaban J connectivity index is 2.09. The van der Waals surface area contributed by atoms with Crippen LogP contribution in [0.3, 0.4) is 0 Å². The zero-order valence-corrected chi connectivity index (χ0v) is 11.5. The van der Waals surface area contributed by atoms with E-state index < -0.39 is 0 Å². The molecule has 0 unspecified atom stereocenters. The van der Waals surface area contributed by atoms with Crippen LogP contribution in [-0.4, -0.2) is 16.5 Å². The maximum absolute atomic E-state index is 4.22. The summed E-state index contributed by atoms with van der Waals surface area (Å²) in [5.41, 5.74) is 2.65. The van der Waals surface area contributed by atoms with E-state index in [0.29, 0.717) is 0 Å². The van der Waals surface area contributed by atoms with Gasteiger partial charge in [-0.05, 0) is 54.6 Å². The van der Waals surface area contributed by atoms with Crippen LogP contribution in [-0.2, 0) is 6.54 Å². The first-order chi connectivity index (χ1) is 8.79. The van der Waals surface area contributed by atoms with Gasteiger partial charge in [0.25, 0.3) is 0 Å². The molecule has 0 spiro atoms. The monoisotopic (exact) mass is 259 g/mol. The van der Waals surface area contributed by atoms with Gasteiger partial charge in [0.15, 0.2) is 5.16 Å². The highest BCUT2D eigenvalue weighted by atomic mass is 32.2. The SMILES string of the molecule is CCNCc1ccc(Sc2ncccn2)cc1C. The highest BCUT2D eigenvalue weighted by Crippen LogP contribution is 2.25. The van der Waals surface area contributed by atoms with Gasteiger partial charge in [-0.25, -0.2) is 9.97 Å².